The molecule has 0 spiro atoms. The molecule has 0 bridgehead atoms. The molecular weight excluding hydrogens is 92.1 g/mol. The number of hydrogen-bond acceptors (Lipinski definition) is 2. The van der Waals surface area contributed by atoms with E-state index >= 15 is 0 Å². The highest BCUT2D eigenvalue weighted by Crippen LogP contribution is 1.81. The Labute approximate surface area is 45.0 Å². The zero-order valence-electron chi connectivity index (χ0n) is 4.89. The minimum atomic E-state index is 0. The third kappa shape index (κ3) is 160. The van der Waals surface area contributed by atoms with Gasteiger partial charge in [-0.15, -0.1) is 0 Å². The molecule has 0 fully saturated rings. The Hall–Kier alpha value is -0.620. The van der Waals surface area contributed by atoms with Gasteiger partial charge in [0.1, 0.15) is 0 Å². The zero-order valence-corrected chi connectivity index (χ0v) is 4.89. The molecular formula is C5H12O2. The van der Waals surface area contributed by atoms with Crippen LogP contribution >= 0.6 is 0 Å². The molecule has 2 nitrogen and oxygen atoms in total. The number of rotatable bonds is 0. The summed E-state index contributed by atoms with van der Waals surface area (Å²) >= 11 is 0. The Bertz CT molecular complexity index is 52.7. The minimum Gasteiger partial charge on any atom is -0.186 e. The van der Waals surface area contributed by atoms with E-state index in [0.717, 1.165) is 5.92 Å². The van der Waals surface area contributed by atoms with Gasteiger partial charge in [-0.2, -0.15) is 9.59 Å². The SMILES string of the molecule is CC(C)C.O=C=O.[HH]. The molecule has 0 aliphatic rings. The van der Waals surface area contributed by atoms with Crippen molar-refractivity contribution >= 4 is 6.15 Å². The van der Waals surface area contributed by atoms with Crippen molar-refractivity contribution in [3.8, 4) is 0 Å². The second kappa shape index (κ2) is 9.03. The summed E-state index contributed by atoms with van der Waals surface area (Å²) in [6, 6.07) is 0. The highest BCUT2D eigenvalue weighted by molar-refractivity contribution is 5.20. The summed E-state index contributed by atoms with van der Waals surface area (Å²) < 4.78 is 0. The highest BCUT2D eigenvalue weighted by atomic mass is 16.2. The van der Waals surface area contributed by atoms with E-state index in [1.165, 1.54) is 0 Å². The average Bonchev–Trinajstić information content (AvgIpc) is 1.33. The molecule has 0 rings (SSSR count). The van der Waals surface area contributed by atoms with Gasteiger partial charge in [0.05, 0.1) is 0 Å². The van der Waals surface area contributed by atoms with E-state index in [0.29, 0.717) is 0 Å². The fourth-order valence-corrected chi connectivity index (χ4v) is 0. The largest absolute Gasteiger partial charge is 0.373 e. The lowest BCUT2D eigenvalue weighted by Gasteiger charge is -1.79. The third-order valence-electron chi connectivity index (χ3n) is 0. The van der Waals surface area contributed by atoms with E-state index in [-0.39, 0.29) is 7.58 Å². The standard InChI is InChI=1S/C4H10.CO2.H2/c1-4(2)3;2-1-3;/h4H,1-3H3;;1H. The number of carbonyl (C=O) groups excluding carboxylic acids is 2. The maximum absolute atomic E-state index is 8.12. The molecule has 0 N–H and O–H groups in total. The second-order valence-corrected chi connectivity index (χ2v) is 1.82. The van der Waals surface area contributed by atoms with Gasteiger partial charge in [0, 0.05) is 1.43 Å². The molecule has 0 atom stereocenters. The monoisotopic (exact) mass is 104 g/mol. The van der Waals surface area contributed by atoms with Crippen LogP contribution in [0.3, 0.4) is 0 Å². The van der Waals surface area contributed by atoms with Crippen LogP contribution in [0.5, 0.6) is 0 Å². The van der Waals surface area contributed by atoms with Gasteiger partial charge >= 0.3 is 6.15 Å². The van der Waals surface area contributed by atoms with Crippen LogP contribution in [0.1, 0.15) is 22.2 Å². The van der Waals surface area contributed by atoms with Crippen LogP contribution < -0.4 is 0 Å². The van der Waals surface area contributed by atoms with Crippen molar-refractivity contribution in [2.75, 3.05) is 0 Å². The lowest BCUT2D eigenvalue weighted by molar-refractivity contribution is -0.191. The maximum atomic E-state index is 8.12. The Morgan fingerprint density at radius 3 is 1.29 bits per heavy atom. The normalized spacial score (nSPS) is 6.29. The Morgan fingerprint density at radius 2 is 1.29 bits per heavy atom. The summed E-state index contributed by atoms with van der Waals surface area (Å²) in [5.74, 6) is 0.833. The predicted octanol–water partition coefficient (Wildman–Crippen LogP) is 1.32. The van der Waals surface area contributed by atoms with Gasteiger partial charge < -0.3 is 0 Å². The summed E-state index contributed by atoms with van der Waals surface area (Å²) in [5.41, 5.74) is 0. The van der Waals surface area contributed by atoms with Crippen LogP contribution in [0.25, 0.3) is 0 Å². The predicted molar refractivity (Wildman–Crippen MR) is 27.6 cm³/mol. The van der Waals surface area contributed by atoms with Crippen LogP contribution in [0, 0.1) is 5.92 Å². The molecule has 0 aromatic carbocycles. The van der Waals surface area contributed by atoms with Gasteiger partial charge in [-0.1, -0.05) is 20.8 Å². The van der Waals surface area contributed by atoms with Gasteiger partial charge in [-0.25, -0.2) is 0 Å². The molecule has 2 heteroatoms. The Kier molecular flexibility index (Phi) is 12.4. The Morgan fingerprint density at radius 1 is 1.29 bits per heavy atom. The van der Waals surface area contributed by atoms with E-state index in [9.17, 15) is 0 Å². The summed E-state index contributed by atoms with van der Waals surface area (Å²) in [6.45, 7) is 6.50. The molecule has 0 radical (unpaired) electrons. The molecule has 0 saturated heterocycles. The van der Waals surface area contributed by atoms with E-state index in [4.69, 9.17) is 9.59 Å². The van der Waals surface area contributed by atoms with E-state index in [2.05, 4.69) is 20.8 Å². The van der Waals surface area contributed by atoms with Gasteiger partial charge in [-0.3, -0.25) is 0 Å². The zero-order chi connectivity index (χ0) is 6.28. The van der Waals surface area contributed by atoms with Crippen molar-refractivity contribution in [2.24, 2.45) is 5.92 Å². The van der Waals surface area contributed by atoms with Crippen molar-refractivity contribution in [1.29, 1.82) is 0 Å². The molecule has 0 unspecified atom stereocenters. The van der Waals surface area contributed by atoms with Crippen LogP contribution in [0.15, 0.2) is 0 Å². The van der Waals surface area contributed by atoms with Crippen LogP contribution in [0.4, 0.5) is 0 Å². The second-order valence-electron chi connectivity index (χ2n) is 1.82. The topological polar surface area (TPSA) is 34.1 Å². The lowest BCUT2D eigenvalue weighted by atomic mass is 10.3. The molecule has 0 saturated carbocycles. The Balaban J connectivity index is -0.0000000575. The first-order valence-electron chi connectivity index (χ1n) is 2.14. The molecule has 44 valence electrons. The third-order valence-corrected chi connectivity index (χ3v) is 0. The lowest BCUT2D eigenvalue weighted by Crippen LogP contribution is -1.66. The summed E-state index contributed by atoms with van der Waals surface area (Å²) in [6.07, 6.45) is 0.250. The van der Waals surface area contributed by atoms with E-state index in [1.54, 1.807) is 0 Å². The van der Waals surface area contributed by atoms with Crippen molar-refractivity contribution in [3.05, 3.63) is 0 Å². The molecule has 0 aliphatic heterocycles. The van der Waals surface area contributed by atoms with Crippen molar-refractivity contribution in [2.45, 2.75) is 20.8 Å². The average molecular weight is 104 g/mol. The summed E-state index contributed by atoms with van der Waals surface area (Å²) in [7, 11) is 0. The first-order chi connectivity index (χ1) is 3.15. The van der Waals surface area contributed by atoms with Crippen LogP contribution in [-0.4, -0.2) is 6.15 Å². The molecule has 0 aromatic rings. The maximum Gasteiger partial charge on any atom is 0.373 e. The van der Waals surface area contributed by atoms with Crippen LogP contribution in [0.2, 0.25) is 0 Å². The number of hydrogen-bond donors (Lipinski definition) is 0. The molecule has 0 aliphatic carbocycles. The summed E-state index contributed by atoms with van der Waals surface area (Å²) in [5, 5.41) is 0. The van der Waals surface area contributed by atoms with Crippen LogP contribution in [-0.2, 0) is 9.59 Å². The van der Waals surface area contributed by atoms with E-state index < -0.39 is 0 Å². The first-order valence-corrected chi connectivity index (χ1v) is 2.14. The van der Waals surface area contributed by atoms with E-state index in [1.807, 2.05) is 0 Å². The van der Waals surface area contributed by atoms with Gasteiger partial charge in [0.25, 0.3) is 0 Å². The summed E-state index contributed by atoms with van der Waals surface area (Å²) in [4.78, 5) is 16.2. The van der Waals surface area contributed by atoms with Gasteiger partial charge in [0.2, 0.25) is 0 Å². The van der Waals surface area contributed by atoms with Gasteiger partial charge in [0.15, 0.2) is 0 Å². The van der Waals surface area contributed by atoms with Gasteiger partial charge in [-0.05, 0) is 5.92 Å². The first kappa shape index (κ1) is 9.63. The van der Waals surface area contributed by atoms with Crippen molar-refractivity contribution in [3.63, 3.8) is 0 Å². The molecule has 7 heavy (non-hydrogen) atoms. The fourth-order valence-electron chi connectivity index (χ4n) is 0. The highest BCUT2D eigenvalue weighted by Gasteiger charge is 1.68. The smallest absolute Gasteiger partial charge is 0.186 e. The molecule has 0 aromatic heterocycles. The van der Waals surface area contributed by atoms with Crippen molar-refractivity contribution < 1.29 is 11.0 Å². The van der Waals surface area contributed by atoms with Crippen molar-refractivity contribution in [1.82, 2.24) is 0 Å². The minimum absolute atomic E-state index is 0. The fraction of sp³-hybridized carbons (Fsp3) is 0.800. The quantitative estimate of drug-likeness (QED) is 0.464. The molecule has 0 heterocycles. The molecule has 0 amide bonds.